The molecule has 0 spiro atoms. The summed E-state index contributed by atoms with van der Waals surface area (Å²) in [5.74, 6) is 1.20. The van der Waals surface area contributed by atoms with Gasteiger partial charge in [0.15, 0.2) is 16.6 Å². The summed E-state index contributed by atoms with van der Waals surface area (Å²) in [6.07, 6.45) is 0. The highest BCUT2D eigenvalue weighted by Gasteiger charge is 2.26. The Balaban J connectivity index is 1.74. The first-order valence-corrected chi connectivity index (χ1v) is 11.7. The second-order valence-electron chi connectivity index (χ2n) is 7.89. The van der Waals surface area contributed by atoms with Crippen LogP contribution in [0.1, 0.15) is 24.2 Å². The van der Waals surface area contributed by atoms with Gasteiger partial charge in [-0.1, -0.05) is 13.8 Å². The molecule has 1 atom stereocenters. The van der Waals surface area contributed by atoms with Crippen molar-refractivity contribution in [3.63, 3.8) is 0 Å². The van der Waals surface area contributed by atoms with Crippen LogP contribution in [-0.4, -0.2) is 51.3 Å². The smallest absolute Gasteiger partial charge is 0.252 e. The van der Waals surface area contributed by atoms with Crippen molar-refractivity contribution in [3.8, 4) is 34.3 Å². The fourth-order valence-corrected chi connectivity index (χ4v) is 4.06. The average molecular weight is 500 g/mol. The van der Waals surface area contributed by atoms with Gasteiger partial charge in [0.25, 0.3) is 5.91 Å². The molecule has 1 heterocycles. The van der Waals surface area contributed by atoms with Crippen molar-refractivity contribution in [2.45, 2.75) is 19.9 Å². The van der Waals surface area contributed by atoms with Crippen LogP contribution in [0.5, 0.6) is 23.0 Å². The summed E-state index contributed by atoms with van der Waals surface area (Å²) in [4.78, 5) is 30.5. The number of anilines is 1. The highest BCUT2D eigenvalue weighted by molar-refractivity contribution is 7.14. The third-order valence-corrected chi connectivity index (χ3v) is 6.02. The third kappa shape index (κ3) is 6.21. The minimum atomic E-state index is -0.784. The van der Waals surface area contributed by atoms with Crippen molar-refractivity contribution >= 4 is 28.3 Å². The number of aromatic nitrogens is 1. The molecule has 186 valence electrons. The molecule has 1 unspecified atom stereocenters. The molecule has 9 nitrogen and oxygen atoms in total. The summed E-state index contributed by atoms with van der Waals surface area (Å²) in [6.45, 7) is 3.71. The Labute approximate surface area is 208 Å². The number of nitrogens with zero attached hydrogens (tertiary/aromatic N) is 1. The molecule has 3 rings (SSSR count). The summed E-state index contributed by atoms with van der Waals surface area (Å²) >= 11 is 1.29. The maximum Gasteiger partial charge on any atom is 0.252 e. The van der Waals surface area contributed by atoms with Crippen molar-refractivity contribution in [2.24, 2.45) is 5.92 Å². The maximum absolute atomic E-state index is 13.1. The molecular formula is C25H29N3O6S. The molecule has 3 aromatic rings. The van der Waals surface area contributed by atoms with E-state index in [1.807, 2.05) is 31.4 Å². The molecule has 35 heavy (non-hydrogen) atoms. The molecule has 0 aliphatic heterocycles. The number of nitrogens with one attached hydrogen (secondary N) is 2. The van der Waals surface area contributed by atoms with Crippen LogP contribution in [-0.2, 0) is 4.79 Å². The van der Waals surface area contributed by atoms with Gasteiger partial charge >= 0.3 is 0 Å². The number of carbonyl (C=O) groups excluding carboxylic acids is 2. The zero-order valence-electron chi connectivity index (χ0n) is 20.5. The van der Waals surface area contributed by atoms with Gasteiger partial charge in [-0.15, -0.1) is 11.3 Å². The molecule has 10 heteroatoms. The van der Waals surface area contributed by atoms with Crippen molar-refractivity contribution in [2.75, 3.05) is 33.8 Å². The van der Waals surface area contributed by atoms with Crippen molar-refractivity contribution in [1.82, 2.24) is 10.3 Å². The largest absolute Gasteiger partial charge is 0.497 e. The van der Waals surface area contributed by atoms with Crippen LogP contribution in [0.3, 0.4) is 0 Å². The first kappa shape index (κ1) is 25.8. The lowest BCUT2D eigenvalue weighted by molar-refractivity contribution is -0.118. The molecule has 2 aromatic carbocycles. The van der Waals surface area contributed by atoms with Crippen LogP contribution in [0.15, 0.2) is 41.8 Å². The van der Waals surface area contributed by atoms with E-state index in [9.17, 15) is 9.59 Å². The third-order valence-electron chi connectivity index (χ3n) is 5.26. The lowest BCUT2D eigenvalue weighted by atomic mass is 10.0. The fourth-order valence-electron chi connectivity index (χ4n) is 3.34. The SMILES string of the molecule is COc1cc(OC)cc(C(=O)NC(C(=O)Nc2nc(-c3ccc(OC)c(OC)c3)cs2)C(C)C)c1. The zero-order valence-corrected chi connectivity index (χ0v) is 21.3. The van der Waals surface area contributed by atoms with Crippen LogP contribution in [0.4, 0.5) is 5.13 Å². The van der Waals surface area contributed by atoms with Gasteiger partial charge in [-0.25, -0.2) is 4.98 Å². The highest BCUT2D eigenvalue weighted by atomic mass is 32.1. The standard InChI is InChI=1S/C25H29N3O6S/c1-14(2)22(27-23(29)16-9-17(31-3)12-18(10-16)32-4)24(30)28-25-26-19(13-35-25)15-7-8-20(33-5)21(11-15)34-6/h7-14,22H,1-6H3,(H,27,29)(H,26,28,30). The number of hydrogen-bond acceptors (Lipinski definition) is 8. The fraction of sp³-hybridized carbons (Fsp3) is 0.320. The number of rotatable bonds is 10. The van der Waals surface area contributed by atoms with Crippen molar-refractivity contribution < 1.29 is 28.5 Å². The maximum atomic E-state index is 13.1. The monoisotopic (exact) mass is 499 g/mol. The lowest BCUT2D eigenvalue weighted by Gasteiger charge is -2.21. The quantitative estimate of drug-likeness (QED) is 0.430. The summed E-state index contributed by atoms with van der Waals surface area (Å²) < 4.78 is 21.1. The number of benzene rings is 2. The van der Waals surface area contributed by atoms with Gasteiger partial charge in [0.1, 0.15) is 17.5 Å². The van der Waals surface area contributed by atoms with E-state index in [4.69, 9.17) is 18.9 Å². The minimum Gasteiger partial charge on any atom is -0.497 e. The highest BCUT2D eigenvalue weighted by Crippen LogP contribution is 2.33. The molecule has 0 aliphatic carbocycles. The van der Waals surface area contributed by atoms with E-state index < -0.39 is 11.9 Å². The van der Waals surface area contributed by atoms with E-state index >= 15 is 0 Å². The second kappa shape index (κ2) is 11.6. The second-order valence-corrected chi connectivity index (χ2v) is 8.75. The van der Waals surface area contributed by atoms with Gasteiger partial charge in [-0.3, -0.25) is 9.59 Å². The first-order chi connectivity index (χ1) is 16.8. The Kier molecular flexibility index (Phi) is 8.53. The van der Waals surface area contributed by atoms with E-state index in [1.54, 1.807) is 38.5 Å². The Hall–Kier alpha value is -3.79. The van der Waals surface area contributed by atoms with E-state index in [-0.39, 0.29) is 11.8 Å². The summed E-state index contributed by atoms with van der Waals surface area (Å²) in [5.41, 5.74) is 1.82. The van der Waals surface area contributed by atoms with E-state index in [2.05, 4.69) is 15.6 Å². The molecule has 2 N–H and O–H groups in total. The Morgan fingerprint density at radius 1 is 0.886 bits per heavy atom. The van der Waals surface area contributed by atoms with Gasteiger partial charge in [-0.2, -0.15) is 0 Å². The molecule has 1 aromatic heterocycles. The number of carbonyl (C=O) groups is 2. The number of amides is 2. The van der Waals surface area contributed by atoms with Gasteiger partial charge in [0.2, 0.25) is 5.91 Å². The zero-order chi connectivity index (χ0) is 25.5. The van der Waals surface area contributed by atoms with Crippen LogP contribution >= 0.6 is 11.3 Å². The first-order valence-electron chi connectivity index (χ1n) is 10.8. The lowest BCUT2D eigenvalue weighted by Crippen LogP contribution is -2.47. The van der Waals surface area contributed by atoms with Gasteiger partial charge in [0.05, 0.1) is 34.1 Å². The Bertz CT molecular complexity index is 1170. The Morgan fingerprint density at radius 3 is 2.11 bits per heavy atom. The number of hydrogen-bond donors (Lipinski definition) is 2. The van der Waals surface area contributed by atoms with Gasteiger partial charge < -0.3 is 29.6 Å². The molecule has 0 saturated carbocycles. The molecule has 0 saturated heterocycles. The molecular weight excluding hydrogens is 470 g/mol. The summed E-state index contributed by atoms with van der Waals surface area (Å²) in [6, 6.07) is 9.53. The summed E-state index contributed by atoms with van der Waals surface area (Å²) in [5, 5.41) is 7.88. The van der Waals surface area contributed by atoms with Crippen LogP contribution < -0.4 is 29.6 Å². The van der Waals surface area contributed by atoms with Crippen molar-refractivity contribution in [1.29, 1.82) is 0 Å². The summed E-state index contributed by atoms with van der Waals surface area (Å²) in [7, 11) is 6.15. The molecule has 0 fully saturated rings. The molecule has 0 aliphatic rings. The average Bonchev–Trinajstić information content (AvgIpc) is 3.34. The number of ether oxygens (including phenoxy) is 4. The predicted molar refractivity (Wildman–Crippen MR) is 135 cm³/mol. The van der Waals surface area contributed by atoms with E-state index in [0.717, 1.165) is 5.56 Å². The topological polar surface area (TPSA) is 108 Å². The van der Waals surface area contributed by atoms with E-state index in [1.165, 1.54) is 25.6 Å². The van der Waals surface area contributed by atoms with Crippen LogP contribution in [0.25, 0.3) is 11.3 Å². The number of methoxy groups -OCH3 is 4. The van der Waals surface area contributed by atoms with Gasteiger partial charge in [0, 0.05) is 22.6 Å². The van der Waals surface area contributed by atoms with Crippen LogP contribution in [0, 0.1) is 5.92 Å². The Morgan fingerprint density at radius 2 is 1.54 bits per heavy atom. The normalized spacial score (nSPS) is 11.5. The molecule has 0 bridgehead atoms. The predicted octanol–water partition coefficient (Wildman–Crippen LogP) is 4.24. The number of thiazole rings is 1. The molecule has 2 amide bonds. The molecule has 0 radical (unpaired) electrons. The van der Waals surface area contributed by atoms with Crippen LogP contribution in [0.2, 0.25) is 0 Å². The minimum absolute atomic E-state index is 0.170. The van der Waals surface area contributed by atoms with E-state index in [0.29, 0.717) is 39.4 Å². The van der Waals surface area contributed by atoms with Gasteiger partial charge in [-0.05, 0) is 36.2 Å². The van der Waals surface area contributed by atoms with Crippen molar-refractivity contribution in [3.05, 3.63) is 47.3 Å².